The van der Waals surface area contributed by atoms with Crippen LogP contribution in [-0.2, 0) is 26.7 Å². The minimum atomic E-state index is -5.77. The third-order valence-electron chi connectivity index (χ3n) is 5.36. The molecule has 2 aromatic heterocycles. The molecule has 214 valence electrons. The number of fused-ring (bicyclic) bond motifs is 1. The molecular weight excluding hydrogens is 550 g/mol. The van der Waals surface area contributed by atoms with Crippen molar-refractivity contribution in [1.29, 1.82) is 0 Å². The summed E-state index contributed by atoms with van der Waals surface area (Å²) in [6, 6.07) is 5.15. The lowest BCUT2D eigenvalue weighted by Crippen LogP contribution is -2.53. The second kappa shape index (κ2) is 11.3. The van der Waals surface area contributed by atoms with Crippen molar-refractivity contribution < 1.29 is 59.3 Å². The van der Waals surface area contributed by atoms with E-state index >= 15 is 4.39 Å². The number of benzene rings is 1. The van der Waals surface area contributed by atoms with Crippen LogP contribution in [0.2, 0.25) is 0 Å². The number of carbonyl (C=O) groups excluding carboxylic acids is 1. The zero-order chi connectivity index (χ0) is 36.9. The van der Waals surface area contributed by atoms with Crippen molar-refractivity contribution >= 4 is 19.5 Å². The fraction of sp³-hybridized carbons (Fsp3) is 0.360. The van der Waals surface area contributed by atoms with Gasteiger partial charge in [0.1, 0.15) is 12.5 Å². The van der Waals surface area contributed by atoms with E-state index in [0.717, 1.165) is 12.1 Å². The van der Waals surface area contributed by atoms with Crippen LogP contribution in [-0.4, -0.2) is 64.3 Å². The number of aromatic nitrogens is 3. The van der Waals surface area contributed by atoms with Crippen molar-refractivity contribution in [2.75, 3.05) is 32.9 Å². The third kappa shape index (κ3) is 6.31. The first-order valence-corrected chi connectivity index (χ1v) is 12.6. The first-order chi connectivity index (χ1) is 22.5. The van der Waals surface area contributed by atoms with Gasteiger partial charge in [0.05, 0.1) is 37.3 Å². The largest absolute Gasteiger partial charge is 0.493 e. The van der Waals surface area contributed by atoms with Gasteiger partial charge in [-0.15, -0.1) is 0 Å². The Morgan fingerprint density at radius 2 is 1.85 bits per heavy atom. The van der Waals surface area contributed by atoms with E-state index in [1.165, 1.54) is 21.3 Å². The van der Waals surface area contributed by atoms with Crippen LogP contribution >= 0.6 is 7.82 Å². The molecule has 0 unspecified atom stereocenters. The summed E-state index contributed by atoms with van der Waals surface area (Å²) in [5.74, 6) is -4.21. The van der Waals surface area contributed by atoms with Gasteiger partial charge in [-0.1, -0.05) is 0 Å². The van der Waals surface area contributed by atoms with E-state index in [1.54, 1.807) is 12.1 Å². The smallest absolute Gasteiger partial charge is 0.471 e. The van der Waals surface area contributed by atoms with Gasteiger partial charge in [-0.05, 0) is 43.5 Å². The Hall–Kier alpha value is -3.84. The van der Waals surface area contributed by atoms with Crippen molar-refractivity contribution in [1.82, 2.24) is 15.0 Å². The first kappa shape index (κ1) is 19.3. The summed E-state index contributed by atoms with van der Waals surface area (Å²) in [5.41, 5.74) is -3.89. The van der Waals surface area contributed by atoms with E-state index in [9.17, 15) is 19.1 Å². The van der Waals surface area contributed by atoms with Gasteiger partial charge in [0, 0.05) is 26.8 Å². The van der Waals surface area contributed by atoms with Gasteiger partial charge in [0.2, 0.25) is 5.75 Å². The Labute approximate surface area is 241 Å². The summed E-state index contributed by atoms with van der Waals surface area (Å²) in [6.45, 7) is -11.5. The molecule has 1 amide bonds. The molecule has 3 heterocycles. The maximum absolute atomic E-state index is 15.2. The molecule has 1 aromatic carbocycles. The van der Waals surface area contributed by atoms with Gasteiger partial charge < -0.3 is 28.7 Å². The lowest BCUT2D eigenvalue weighted by molar-refractivity contribution is -0.133. The van der Waals surface area contributed by atoms with Crippen LogP contribution in [0.1, 0.15) is 48.8 Å². The number of pyridine rings is 1. The summed E-state index contributed by atoms with van der Waals surface area (Å²) >= 11 is 0. The molecule has 0 radical (unpaired) electrons. The molecule has 1 aliphatic heterocycles. The molecular formula is C25H28FN4O9P. The standard InChI is InChI=1S/C25H28FN4O9P/c1-25(2)24(31)30(13-38-40(32,33)34)23-18(39-25)7-6-15(28-23)11-17-16(26)12-27-21(29-17)10-14-8-19(35-3)22(37-5)20(9-14)36-4/h6-9,12H,10-11,13H2,1-5H3,(H2,32,33,34)/i1D3,2D3,12D,13D2. The molecule has 3 aromatic rings. The Bertz CT molecular complexity index is 1790. The van der Waals surface area contributed by atoms with Gasteiger partial charge in [-0.25, -0.2) is 23.9 Å². The van der Waals surface area contributed by atoms with E-state index < -0.39 is 75.4 Å². The van der Waals surface area contributed by atoms with Crippen LogP contribution in [0.5, 0.6) is 23.0 Å². The highest BCUT2D eigenvalue weighted by molar-refractivity contribution is 7.46. The van der Waals surface area contributed by atoms with Gasteiger partial charge in [-0.2, -0.15) is 0 Å². The summed E-state index contributed by atoms with van der Waals surface area (Å²) in [7, 11) is -1.56. The van der Waals surface area contributed by atoms with Crippen LogP contribution in [0.25, 0.3) is 0 Å². The number of carbonyl (C=O) groups is 1. The number of methoxy groups -OCH3 is 3. The van der Waals surface area contributed by atoms with Gasteiger partial charge in [0.25, 0.3) is 5.91 Å². The number of anilines is 1. The van der Waals surface area contributed by atoms with Gasteiger partial charge in [-0.3, -0.25) is 14.2 Å². The van der Waals surface area contributed by atoms with Crippen LogP contribution in [0.3, 0.4) is 0 Å². The molecule has 0 fully saturated rings. The lowest BCUT2D eigenvalue weighted by atomic mass is 10.1. The highest BCUT2D eigenvalue weighted by atomic mass is 31.2. The molecule has 0 saturated carbocycles. The Balaban J connectivity index is 1.82. The van der Waals surface area contributed by atoms with Crippen LogP contribution in [0.15, 0.2) is 30.4 Å². The first-order valence-electron chi connectivity index (χ1n) is 15.6. The highest BCUT2D eigenvalue weighted by Gasteiger charge is 2.42. The molecule has 1 aliphatic rings. The van der Waals surface area contributed by atoms with E-state index in [-0.39, 0.29) is 22.8 Å². The Morgan fingerprint density at radius 3 is 2.45 bits per heavy atom. The maximum Gasteiger partial charge on any atom is 0.471 e. The van der Waals surface area contributed by atoms with Crippen molar-refractivity contribution in [3.05, 3.63) is 59.0 Å². The monoisotopic (exact) mass is 587 g/mol. The molecule has 4 rings (SSSR count). The number of hydrogen-bond donors (Lipinski definition) is 2. The SMILES string of the molecule is [2H]c1nc(Cc2cc(OC)c(OC)c(OC)c2)nc(Cc2ccc3c(n2)N(C([2H])([2H])OP(=O)(O)O)C(=O)C(C([2H])([2H])[2H])(C([2H])([2H])[2H])O3)c1F. The topological polar surface area (TPSA) is 163 Å². The van der Waals surface area contributed by atoms with Crippen LogP contribution in [0, 0.1) is 5.82 Å². The second-order valence-corrected chi connectivity index (χ2v) is 9.28. The molecule has 0 aliphatic carbocycles. The molecule has 0 spiro atoms. The molecule has 0 atom stereocenters. The van der Waals surface area contributed by atoms with Crippen molar-refractivity contribution in [2.24, 2.45) is 0 Å². The maximum atomic E-state index is 15.2. The fourth-order valence-electron chi connectivity index (χ4n) is 3.65. The molecule has 0 saturated heterocycles. The summed E-state index contributed by atoms with van der Waals surface area (Å²) < 4.78 is 124. The second-order valence-electron chi connectivity index (χ2n) is 8.12. The number of rotatable bonds is 10. The molecule has 13 nitrogen and oxygen atoms in total. The average Bonchev–Trinajstić information content (AvgIpc) is 2.96. The van der Waals surface area contributed by atoms with Crippen molar-refractivity contribution in [3.8, 4) is 23.0 Å². The van der Waals surface area contributed by atoms with E-state index in [4.69, 9.17) is 31.3 Å². The number of phosphoric ester groups is 1. The minimum absolute atomic E-state index is 0.0414. The van der Waals surface area contributed by atoms with Crippen molar-refractivity contribution in [3.63, 3.8) is 0 Å². The number of nitrogens with zero attached hydrogens (tertiary/aromatic N) is 4. The highest BCUT2D eigenvalue weighted by Crippen LogP contribution is 2.41. The Kier molecular flexibility index (Phi) is 5.46. The van der Waals surface area contributed by atoms with E-state index in [2.05, 4.69) is 19.5 Å². The summed E-state index contributed by atoms with van der Waals surface area (Å²) in [6.07, 6.45) is -1.43. The van der Waals surface area contributed by atoms with E-state index in [1.807, 2.05) is 0 Å². The number of amides is 1. The fourth-order valence-corrected chi connectivity index (χ4v) is 3.84. The van der Waals surface area contributed by atoms with Crippen LogP contribution in [0.4, 0.5) is 10.2 Å². The summed E-state index contributed by atoms with van der Waals surface area (Å²) in [4.78, 5) is 44.1. The normalized spacial score (nSPS) is 18.7. The number of phosphoric acid groups is 1. The molecule has 15 heteroatoms. The zero-order valence-electron chi connectivity index (χ0n) is 30.1. The van der Waals surface area contributed by atoms with E-state index in [0.29, 0.717) is 22.8 Å². The molecule has 0 bridgehead atoms. The zero-order valence-corrected chi connectivity index (χ0v) is 22.0. The lowest BCUT2D eigenvalue weighted by Gasteiger charge is -2.37. The predicted octanol–water partition coefficient (Wildman–Crippen LogP) is 2.79. The van der Waals surface area contributed by atoms with Crippen molar-refractivity contribution in [2.45, 2.75) is 32.1 Å². The third-order valence-corrected chi connectivity index (χ3v) is 5.68. The van der Waals surface area contributed by atoms with Crippen LogP contribution < -0.4 is 23.8 Å². The number of ether oxygens (including phenoxy) is 4. The number of halogens is 1. The summed E-state index contributed by atoms with van der Waals surface area (Å²) in [5, 5.41) is 0. The van der Waals surface area contributed by atoms with Gasteiger partial charge in [0.15, 0.2) is 34.5 Å². The molecule has 40 heavy (non-hydrogen) atoms. The predicted molar refractivity (Wildman–Crippen MR) is 138 cm³/mol. The quantitative estimate of drug-likeness (QED) is 0.334. The molecule has 2 N–H and O–H groups in total. The Morgan fingerprint density at radius 1 is 1.15 bits per heavy atom. The van der Waals surface area contributed by atoms with Gasteiger partial charge >= 0.3 is 7.82 Å². The average molecular weight is 588 g/mol. The number of hydrogen-bond acceptors (Lipinski definition) is 10. The minimum Gasteiger partial charge on any atom is -0.493 e.